The van der Waals surface area contributed by atoms with Crippen molar-refractivity contribution in [1.29, 1.82) is 0 Å². The molecule has 0 bridgehead atoms. The van der Waals surface area contributed by atoms with Gasteiger partial charge in [-0.3, -0.25) is 4.79 Å². The molecule has 0 aromatic heterocycles. The second-order valence-electron chi connectivity index (χ2n) is 2.65. The number of anilines is 1. The fourth-order valence-electron chi connectivity index (χ4n) is 0.899. The molecule has 0 heterocycles. The van der Waals surface area contributed by atoms with E-state index in [2.05, 4.69) is 17.9 Å². The number of hydrogen-bond acceptors (Lipinski definition) is 2. The van der Waals surface area contributed by atoms with Crippen LogP contribution in [0.15, 0.2) is 18.2 Å². The quantitative estimate of drug-likeness (QED) is 0.773. The first-order valence-electron chi connectivity index (χ1n) is 3.99. The Morgan fingerprint density at radius 1 is 1.57 bits per heavy atom. The van der Waals surface area contributed by atoms with E-state index in [-0.39, 0.29) is 10.9 Å². The molecular formula is C9H9ClFNOS. The lowest BCUT2D eigenvalue weighted by molar-refractivity contribution is -0.115. The van der Waals surface area contributed by atoms with Crippen LogP contribution in [0.1, 0.15) is 6.42 Å². The Hall–Kier alpha value is -0.740. The van der Waals surface area contributed by atoms with Crippen LogP contribution in [0.5, 0.6) is 0 Å². The van der Waals surface area contributed by atoms with Gasteiger partial charge in [-0.1, -0.05) is 11.6 Å². The summed E-state index contributed by atoms with van der Waals surface area (Å²) in [6.45, 7) is 0. The molecule has 1 aromatic carbocycles. The molecule has 0 aliphatic heterocycles. The normalized spacial score (nSPS) is 9.93. The van der Waals surface area contributed by atoms with Crippen LogP contribution in [0, 0.1) is 5.82 Å². The molecule has 0 atom stereocenters. The van der Waals surface area contributed by atoms with Crippen LogP contribution in [-0.2, 0) is 4.79 Å². The molecule has 0 aliphatic rings. The maximum Gasteiger partial charge on any atom is 0.225 e. The van der Waals surface area contributed by atoms with Gasteiger partial charge in [-0.15, -0.1) is 0 Å². The largest absolute Gasteiger partial charge is 0.326 e. The lowest BCUT2D eigenvalue weighted by Crippen LogP contribution is -2.11. The maximum atomic E-state index is 12.9. The number of hydrogen-bond donors (Lipinski definition) is 2. The molecule has 0 saturated carbocycles. The van der Waals surface area contributed by atoms with Crippen molar-refractivity contribution in [3.05, 3.63) is 29.0 Å². The Bertz CT molecular complexity index is 346. The summed E-state index contributed by atoms with van der Waals surface area (Å²) in [5.74, 6) is -0.279. The highest BCUT2D eigenvalue weighted by Gasteiger charge is 2.04. The zero-order chi connectivity index (χ0) is 10.6. The highest BCUT2D eigenvalue weighted by molar-refractivity contribution is 7.80. The van der Waals surface area contributed by atoms with Crippen molar-refractivity contribution in [1.82, 2.24) is 0 Å². The molecule has 5 heteroatoms. The van der Waals surface area contributed by atoms with Gasteiger partial charge in [0.15, 0.2) is 0 Å². The lowest BCUT2D eigenvalue weighted by atomic mass is 10.3. The van der Waals surface area contributed by atoms with Crippen LogP contribution in [0.4, 0.5) is 10.1 Å². The monoisotopic (exact) mass is 233 g/mol. The average molecular weight is 234 g/mol. The standard InChI is InChI=1S/C9H9ClFNOS/c10-7-2-1-6(5-8(7)11)12-9(13)3-4-14/h1-2,5,14H,3-4H2,(H,12,13). The number of amides is 1. The molecule has 0 aliphatic carbocycles. The molecular weight excluding hydrogens is 225 g/mol. The number of carbonyl (C=O) groups is 1. The Morgan fingerprint density at radius 2 is 2.29 bits per heavy atom. The zero-order valence-electron chi connectivity index (χ0n) is 7.26. The maximum absolute atomic E-state index is 12.9. The first kappa shape index (κ1) is 11.3. The van der Waals surface area contributed by atoms with Gasteiger partial charge in [0, 0.05) is 12.1 Å². The van der Waals surface area contributed by atoms with E-state index >= 15 is 0 Å². The molecule has 76 valence electrons. The van der Waals surface area contributed by atoms with E-state index < -0.39 is 5.82 Å². The van der Waals surface area contributed by atoms with Gasteiger partial charge in [-0.05, 0) is 24.0 Å². The second kappa shape index (κ2) is 5.22. The number of nitrogens with one attached hydrogen (secondary N) is 1. The van der Waals surface area contributed by atoms with Crippen molar-refractivity contribution in [2.45, 2.75) is 6.42 Å². The number of thiol groups is 1. The third-order valence-corrected chi connectivity index (χ3v) is 2.07. The first-order chi connectivity index (χ1) is 6.63. The minimum absolute atomic E-state index is 0.0391. The van der Waals surface area contributed by atoms with Gasteiger partial charge >= 0.3 is 0 Å². The Kier molecular flexibility index (Phi) is 4.22. The SMILES string of the molecule is O=C(CCS)Nc1ccc(Cl)c(F)c1. The molecule has 1 N–H and O–H groups in total. The Balaban J connectivity index is 2.68. The second-order valence-corrected chi connectivity index (χ2v) is 3.51. The van der Waals surface area contributed by atoms with Crippen molar-refractivity contribution in [3.8, 4) is 0 Å². The fourth-order valence-corrected chi connectivity index (χ4v) is 1.22. The minimum atomic E-state index is -0.546. The fraction of sp³-hybridized carbons (Fsp3) is 0.222. The van der Waals surface area contributed by atoms with Crippen LogP contribution < -0.4 is 5.32 Å². The van der Waals surface area contributed by atoms with E-state index in [0.717, 1.165) is 0 Å². The first-order valence-corrected chi connectivity index (χ1v) is 5.00. The molecule has 0 spiro atoms. The van der Waals surface area contributed by atoms with E-state index in [1.807, 2.05) is 0 Å². The van der Waals surface area contributed by atoms with Crippen molar-refractivity contribution in [3.63, 3.8) is 0 Å². The molecule has 1 rings (SSSR count). The van der Waals surface area contributed by atoms with Gasteiger partial charge < -0.3 is 5.32 Å². The smallest absolute Gasteiger partial charge is 0.225 e. The van der Waals surface area contributed by atoms with E-state index in [1.54, 1.807) is 6.07 Å². The highest BCUT2D eigenvalue weighted by Crippen LogP contribution is 2.18. The van der Waals surface area contributed by atoms with Crippen molar-refractivity contribution >= 4 is 35.8 Å². The van der Waals surface area contributed by atoms with Gasteiger partial charge in [0.1, 0.15) is 5.82 Å². The van der Waals surface area contributed by atoms with Gasteiger partial charge in [0.05, 0.1) is 5.02 Å². The summed E-state index contributed by atoms with van der Waals surface area (Å²) in [6, 6.07) is 4.12. The van der Waals surface area contributed by atoms with E-state index in [0.29, 0.717) is 17.9 Å². The molecule has 1 amide bonds. The van der Waals surface area contributed by atoms with Crippen molar-refractivity contribution in [2.75, 3.05) is 11.1 Å². The van der Waals surface area contributed by atoms with Crippen molar-refractivity contribution in [2.24, 2.45) is 0 Å². The third kappa shape index (κ3) is 3.20. The van der Waals surface area contributed by atoms with Gasteiger partial charge in [0.25, 0.3) is 0 Å². The molecule has 14 heavy (non-hydrogen) atoms. The van der Waals surface area contributed by atoms with Gasteiger partial charge in [-0.25, -0.2) is 4.39 Å². The number of halogens is 2. The van der Waals surface area contributed by atoms with Crippen LogP contribution in [-0.4, -0.2) is 11.7 Å². The third-order valence-electron chi connectivity index (χ3n) is 1.54. The van der Waals surface area contributed by atoms with Gasteiger partial charge in [-0.2, -0.15) is 12.6 Å². The lowest BCUT2D eigenvalue weighted by Gasteiger charge is -2.04. The van der Waals surface area contributed by atoms with E-state index in [4.69, 9.17) is 11.6 Å². The number of rotatable bonds is 3. The summed E-state index contributed by atoms with van der Waals surface area (Å²) < 4.78 is 12.9. The summed E-state index contributed by atoms with van der Waals surface area (Å²) >= 11 is 9.39. The topological polar surface area (TPSA) is 29.1 Å². The summed E-state index contributed by atoms with van der Waals surface area (Å²) in [7, 11) is 0. The van der Waals surface area contributed by atoms with Gasteiger partial charge in [0.2, 0.25) is 5.91 Å². The Labute approximate surface area is 91.9 Å². The van der Waals surface area contributed by atoms with Crippen LogP contribution >= 0.6 is 24.2 Å². The predicted molar refractivity (Wildman–Crippen MR) is 58.5 cm³/mol. The zero-order valence-corrected chi connectivity index (χ0v) is 8.91. The molecule has 0 unspecified atom stereocenters. The number of benzene rings is 1. The summed E-state index contributed by atoms with van der Waals surface area (Å²) in [6.07, 6.45) is 0.299. The van der Waals surface area contributed by atoms with E-state index in [1.165, 1.54) is 12.1 Å². The molecule has 1 aromatic rings. The summed E-state index contributed by atoms with van der Waals surface area (Å²) in [4.78, 5) is 11.1. The average Bonchev–Trinajstić information content (AvgIpc) is 2.12. The highest BCUT2D eigenvalue weighted by atomic mass is 35.5. The summed E-state index contributed by atoms with van der Waals surface area (Å²) in [5.41, 5.74) is 0.402. The van der Waals surface area contributed by atoms with Crippen LogP contribution in [0.2, 0.25) is 5.02 Å². The molecule has 2 nitrogen and oxygen atoms in total. The molecule has 0 saturated heterocycles. The molecule has 0 fully saturated rings. The van der Waals surface area contributed by atoms with Crippen molar-refractivity contribution < 1.29 is 9.18 Å². The summed E-state index contributed by atoms with van der Waals surface area (Å²) in [5, 5.41) is 2.56. The Morgan fingerprint density at radius 3 is 2.86 bits per heavy atom. The predicted octanol–water partition coefficient (Wildman–Crippen LogP) is 2.74. The van der Waals surface area contributed by atoms with Crippen LogP contribution in [0.25, 0.3) is 0 Å². The minimum Gasteiger partial charge on any atom is -0.326 e. The van der Waals surface area contributed by atoms with E-state index in [9.17, 15) is 9.18 Å². The number of carbonyl (C=O) groups excluding carboxylic acids is 1. The van der Waals surface area contributed by atoms with Crippen LogP contribution in [0.3, 0.4) is 0 Å². The molecule has 0 radical (unpaired) electrons.